The van der Waals surface area contributed by atoms with Crippen molar-refractivity contribution in [3.63, 3.8) is 0 Å². The predicted molar refractivity (Wildman–Crippen MR) is 52.5 cm³/mol. The smallest absolute Gasteiger partial charge is 0.171 e. The quantitative estimate of drug-likeness (QED) is 0.506. The fourth-order valence-electron chi connectivity index (χ4n) is 0.916. The Morgan fingerprint density at radius 2 is 1.42 bits per heavy atom. The monoisotopic (exact) mass is 294 g/mol. The number of halogens is 4. The van der Waals surface area contributed by atoms with Crippen LogP contribution in [0.2, 0.25) is 0 Å². The molecule has 0 aromatic heterocycles. The minimum Gasteiger partial charge on any atom is -0.171 e. The summed E-state index contributed by atoms with van der Waals surface area (Å²) in [6.45, 7) is 6.72. The Bertz CT molecular complexity index is 127. The van der Waals surface area contributed by atoms with Crippen molar-refractivity contribution in [3.8, 4) is 0 Å². The van der Waals surface area contributed by atoms with E-state index in [0.717, 1.165) is 0 Å². The Hall–Kier alpha value is 0.520. The molecular weight excluding hydrogens is 280 g/mol. The van der Waals surface area contributed by atoms with Crippen LogP contribution < -0.4 is 0 Å². The number of alkyl halides is 4. The molecule has 0 spiro atoms. The van der Waals surface area contributed by atoms with E-state index in [0.29, 0.717) is 0 Å². The molecule has 0 aromatic carbocycles. The molecule has 0 heterocycles. The second-order valence-corrected chi connectivity index (χ2v) is 5.44. The van der Waals surface area contributed by atoms with Gasteiger partial charge in [0.2, 0.25) is 0 Å². The third-order valence-corrected chi connectivity index (χ3v) is 4.73. The zero-order valence-corrected chi connectivity index (χ0v) is 9.82. The van der Waals surface area contributed by atoms with Crippen LogP contribution in [0.25, 0.3) is 0 Å². The highest BCUT2D eigenvalue weighted by atomic mass is 127. The zero-order valence-electron chi connectivity index (χ0n) is 7.67. The van der Waals surface area contributed by atoms with E-state index in [1.807, 2.05) is 43.4 Å². The number of rotatable bonds is 1. The van der Waals surface area contributed by atoms with Crippen LogP contribution in [-0.4, -0.2) is 10.1 Å². The highest BCUT2D eigenvalue weighted by Gasteiger charge is 2.44. The molecule has 4 heteroatoms. The lowest BCUT2D eigenvalue weighted by Crippen LogP contribution is -2.35. The Labute approximate surface area is 85.1 Å². The summed E-state index contributed by atoms with van der Waals surface area (Å²) >= 11 is 1.88. The van der Waals surface area contributed by atoms with E-state index in [9.17, 15) is 13.2 Å². The predicted octanol–water partition coefficient (Wildman–Crippen LogP) is 4.03. The molecule has 0 aliphatic rings. The van der Waals surface area contributed by atoms with E-state index in [-0.39, 0.29) is 9.34 Å². The molecule has 0 aliphatic carbocycles. The average molecular weight is 294 g/mol. The molecule has 0 saturated carbocycles. The maximum atomic E-state index is 12.2. The molecule has 0 fully saturated rings. The van der Waals surface area contributed by atoms with E-state index in [4.69, 9.17) is 0 Å². The summed E-state index contributed by atoms with van der Waals surface area (Å²) in [6.07, 6.45) is -4.07. The van der Waals surface area contributed by atoms with Gasteiger partial charge in [-0.1, -0.05) is 50.3 Å². The van der Waals surface area contributed by atoms with Gasteiger partial charge >= 0.3 is 6.18 Å². The third kappa shape index (κ3) is 3.49. The summed E-state index contributed by atoms with van der Waals surface area (Å²) in [7, 11) is 0. The SMILES string of the molecule is CC(C(I)C(C)(C)C)C(F)(F)F. The molecule has 0 nitrogen and oxygen atoms in total. The van der Waals surface area contributed by atoms with Crippen molar-refractivity contribution in [1.29, 1.82) is 0 Å². The molecule has 0 bridgehead atoms. The van der Waals surface area contributed by atoms with Gasteiger partial charge in [0.05, 0.1) is 5.92 Å². The summed E-state index contributed by atoms with van der Waals surface area (Å²) in [5.41, 5.74) is -0.296. The van der Waals surface area contributed by atoms with Crippen molar-refractivity contribution in [2.24, 2.45) is 11.3 Å². The second kappa shape index (κ2) is 3.72. The lowest BCUT2D eigenvalue weighted by molar-refractivity contribution is -0.172. The van der Waals surface area contributed by atoms with Crippen LogP contribution in [0.4, 0.5) is 13.2 Å². The van der Waals surface area contributed by atoms with E-state index in [1.165, 1.54) is 6.92 Å². The van der Waals surface area contributed by atoms with Gasteiger partial charge in [-0.2, -0.15) is 13.2 Å². The van der Waals surface area contributed by atoms with Crippen LogP contribution in [0.1, 0.15) is 27.7 Å². The van der Waals surface area contributed by atoms with Crippen LogP contribution >= 0.6 is 22.6 Å². The first-order valence-corrected chi connectivity index (χ1v) is 5.02. The van der Waals surface area contributed by atoms with Gasteiger partial charge < -0.3 is 0 Å². The molecule has 0 aromatic rings. The van der Waals surface area contributed by atoms with E-state index in [1.54, 1.807) is 0 Å². The molecule has 2 atom stereocenters. The number of hydrogen-bond donors (Lipinski definition) is 0. The van der Waals surface area contributed by atoms with E-state index < -0.39 is 12.1 Å². The van der Waals surface area contributed by atoms with Crippen LogP contribution in [-0.2, 0) is 0 Å². The van der Waals surface area contributed by atoms with Crippen LogP contribution in [0, 0.1) is 11.3 Å². The van der Waals surface area contributed by atoms with Gasteiger partial charge in [-0.05, 0) is 5.41 Å². The zero-order chi connectivity index (χ0) is 10.2. The Kier molecular flexibility index (Phi) is 3.88. The maximum Gasteiger partial charge on any atom is 0.392 e. The number of hydrogen-bond acceptors (Lipinski definition) is 0. The van der Waals surface area contributed by atoms with Crippen LogP contribution in [0.3, 0.4) is 0 Å². The fourth-order valence-corrected chi connectivity index (χ4v) is 1.32. The Balaban J connectivity index is 4.41. The minimum absolute atomic E-state index is 0.296. The first-order chi connectivity index (χ1) is 5.07. The summed E-state index contributed by atoms with van der Waals surface area (Å²) in [4.78, 5) is 0. The van der Waals surface area contributed by atoms with Crippen molar-refractivity contribution in [1.82, 2.24) is 0 Å². The first-order valence-electron chi connectivity index (χ1n) is 3.77. The minimum atomic E-state index is -4.07. The van der Waals surface area contributed by atoms with Gasteiger partial charge in [0.25, 0.3) is 0 Å². The molecule has 0 saturated heterocycles. The van der Waals surface area contributed by atoms with Gasteiger partial charge in [-0.25, -0.2) is 0 Å². The van der Waals surface area contributed by atoms with E-state index in [2.05, 4.69) is 0 Å². The summed E-state index contributed by atoms with van der Waals surface area (Å²) in [5, 5.41) is 0. The first kappa shape index (κ1) is 12.5. The Morgan fingerprint density at radius 3 is 1.50 bits per heavy atom. The third-order valence-electron chi connectivity index (χ3n) is 1.78. The summed E-state index contributed by atoms with van der Waals surface area (Å²) < 4.78 is 36.3. The standard InChI is InChI=1S/C8H14F3I/c1-5(8(9,10)11)6(12)7(2,3)4/h5-6H,1-4H3. The molecule has 0 radical (unpaired) electrons. The lowest BCUT2D eigenvalue weighted by Gasteiger charge is -2.31. The fraction of sp³-hybridized carbons (Fsp3) is 1.00. The summed E-state index contributed by atoms with van der Waals surface area (Å²) in [5.74, 6) is -1.24. The molecule has 0 rings (SSSR count). The second-order valence-electron chi connectivity index (χ2n) is 4.10. The van der Waals surface area contributed by atoms with Crippen LogP contribution in [0.15, 0.2) is 0 Å². The Morgan fingerprint density at radius 1 is 1.08 bits per heavy atom. The van der Waals surface area contributed by atoms with Crippen LogP contribution in [0.5, 0.6) is 0 Å². The lowest BCUT2D eigenvalue weighted by atomic mass is 9.85. The average Bonchev–Trinajstić information content (AvgIpc) is 1.80. The van der Waals surface area contributed by atoms with Crippen molar-refractivity contribution < 1.29 is 13.2 Å². The van der Waals surface area contributed by atoms with Gasteiger partial charge in [0, 0.05) is 3.92 Å². The van der Waals surface area contributed by atoms with Gasteiger partial charge in [0.15, 0.2) is 0 Å². The van der Waals surface area contributed by atoms with Crippen molar-refractivity contribution >= 4 is 22.6 Å². The summed E-state index contributed by atoms with van der Waals surface area (Å²) in [6, 6.07) is 0. The van der Waals surface area contributed by atoms with Crippen molar-refractivity contribution in [2.45, 2.75) is 37.8 Å². The van der Waals surface area contributed by atoms with Crippen molar-refractivity contribution in [2.75, 3.05) is 0 Å². The topological polar surface area (TPSA) is 0 Å². The molecule has 0 amide bonds. The van der Waals surface area contributed by atoms with Gasteiger partial charge in [0.1, 0.15) is 0 Å². The molecule has 74 valence electrons. The molecule has 2 unspecified atom stereocenters. The molecule has 12 heavy (non-hydrogen) atoms. The normalized spacial score (nSPS) is 19.0. The van der Waals surface area contributed by atoms with Crippen molar-refractivity contribution in [3.05, 3.63) is 0 Å². The maximum absolute atomic E-state index is 12.2. The van der Waals surface area contributed by atoms with Gasteiger partial charge in [-0.15, -0.1) is 0 Å². The van der Waals surface area contributed by atoms with E-state index >= 15 is 0 Å². The molecule has 0 aliphatic heterocycles. The molecular formula is C8H14F3I. The molecule has 0 N–H and O–H groups in total. The largest absolute Gasteiger partial charge is 0.392 e. The highest BCUT2D eigenvalue weighted by Crippen LogP contribution is 2.40. The van der Waals surface area contributed by atoms with Gasteiger partial charge in [-0.3, -0.25) is 0 Å². The highest BCUT2D eigenvalue weighted by molar-refractivity contribution is 14.1.